The van der Waals surface area contributed by atoms with Gasteiger partial charge in [0.1, 0.15) is 15.6 Å². The number of hydrogen-bond donors (Lipinski definition) is 1. The Hall–Kier alpha value is -1.34. The van der Waals surface area contributed by atoms with Crippen LogP contribution in [0.2, 0.25) is 0 Å². The molecule has 0 aromatic carbocycles. The van der Waals surface area contributed by atoms with Gasteiger partial charge in [0.15, 0.2) is 0 Å². The molecule has 2 rings (SSSR count). The average Bonchev–Trinajstić information content (AvgIpc) is 2.84. The molecule has 2 heterocycles. The van der Waals surface area contributed by atoms with Crippen LogP contribution in [0.15, 0.2) is 10.5 Å². The van der Waals surface area contributed by atoms with Gasteiger partial charge in [-0.3, -0.25) is 0 Å². The second-order valence-corrected chi connectivity index (χ2v) is 4.52. The molecule has 5 nitrogen and oxygen atoms in total. The van der Waals surface area contributed by atoms with Crippen LogP contribution in [0.4, 0.5) is 0 Å². The number of thiazole rings is 1. The Labute approximate surface area is 94.3 Å². The minimum Gasteiger partial charge on any atom is -0.411 e. The van der Waals surface area contributed by atoms with Crippen LogP contribution in [0, 0.1) is 6.92 Å². The molecule has 0 aliphatic rings. The van der Waals surface area contributed by atoms with Crippen molar-refractivity contribution in [1.82, 2.24) is 14.6 Å². The molecule has 0 saturated heterocycles. The zero-order valence-electron chi connectivity index (χ0n) is 8.13. The summed E-state index contributed by atoms with van der Waals surface area (Å²) in [6.45, 7) is 3.60. The standard InChI is InChI=1S/C8H8N4OS2/c1-4(11-13)6-3-14-8(9-6)7-5(2)10-12-15-7/h3,13H,1-2H3/b11-4-. The van der Waals surface area contributed by atoms with Gasteiger partial charge >= 0.3 is 0 Å². The Morgan fingerprint density at radius 3 is 2.93 bits per heavy atom. The van der Waals surface area contributed by atoms with Gasteiger partial charge in [-0.25, -0.2) is 4.98 Å². The first-order valence-corrected chi connectivity index (χ1v) is 5.81. The SMILES string of the molecule is C/C(=N/O)c1csc(-c2snnc2C)n1. The summed E-state index contributed by atoms with van der Waals surface area (Å²) in [7, 11) is 0. The zero-order valence-corrected chi connectivity index (χ0v) is 9.76. The van der Waals surface area contributed by atoms with Crippen molar-refractivity contribution in [3.05, 3.63) is 16.8 Å². The Morgan fingerprint density at radius 1 is 1.53 bits per heavy atom. The normalized spacial score (nSPS) is 12.0. The Bertz CT molecular complexity index is 502. The van der Waals surface area contributed by atoms with Crippen molar-refractivity contribution in [2.24, 2.45) is 5.16 Å². The van der Waals surface area contributed by atoms with Crippen LogP contribution in [0.3, 0.4) is 0 Å². The van der Waals surface area contributed by atoms with Crippen molar-refractivity contribution in [2.75, 3.05) is 0 Å². The van der Waals surface area contributed by atoms with Crippen LogP contribution >= 0.6 is 22.9 Å². The second kappa shape index (κ2) is 4.03. The molecule has 0 amide bonds. The summed E-state index contributed by atoms with van der Waals surface area (Å²) in [6.07, 6.45) is 0. The van der Waals surface area contributed by atoms with Crippen LogP contribution in [0.5, 0.6) is 0 Å². The van der Waals surface area contributed by atoms with Crippen LogP contribution in [-0.2, 0) is 0 Å². The minimum atomic E-state index is 0.507. The molecule has 7 heteroatoms. The van der Waals surface area contributed by atoms with Gasteiger partial charge in [-0.1, -0.05) is 9.64 Å². The maximum absolute atomic E-state index is 8.61. The lowest BCUT2D eigenvalue weighted by Gasteiger charge is -1.90. The predicted molar refractivity (Wildman–Crippen MR) is 59.8 cm³/mol. The number of aromatic nitrogens is 3. The fraction of sp³-hybridized carbons (Fsp3) is 0.250. The summed E-state index contributed by atoms with van der Waals surface area (Å²) in [6, 6.07) is 0. The van der Waals surface area contributed by atoms with E-state index in [0.29, 0.717) is 11.4 Å². The van der Waals surface area contributed by atoms with E-state index in [1.54, 1.807) is 6.92 Å². The molecule has 0 spiro atoms. The summed E-state index contributed by atoms with van der Waals surface area (Å²) in [5.74, 6) is 0. The summed E-state index contributed by atoms with van der Waals surface area (Å²) in [5, 5.41) is 18.4. The first kappa shape index (κ1) is 10.2. The van der Waals surface area contributed by atoms with Gasteiger partial charge in [0.25, 0.3) is 0 Å². The third-order valence-electron chi connectivity index (χ3n) is 1.87. The molecular formula is C8H8N4OS2. The van der Waals surface area contributed by atoms with E-state index in [9.17, 15) is 0 Å². The summed E-state index contributed by atoms with van der Waals surface area (Å²) in [5.41, 5.74) is 2.07. The molecule has 2 aromatic heterocycles. The minimum absolute atomic E-state index is 0.507. The molecule has 0 bridgehead atoms. The van der Waals surface area contributed by atoms with Gasteiger partial charge in [-0.2, -0.15) is 0 Å². The lowest BCUT2D eigenvalue weighted by Crippen LogP contribution is -1.94. The van der Waals surface area contributed by atoms with E-state index in [1.165, 1.54) is 22.9 Å². The molecule has 0 aliphatic heterocycles. The average molecular weight is 240 g/mol. The number of oxime groups is 1. The van der Waals surface area contributed by atoms with Gasteiger partial charge < -0.3 is 5.21 Å². The fourth-order valence-electron chi connectivity index (χ4n) is 1.02. The van der Waals surface area contributed by atoms with Crippen molar-refractivity contribution in [2.45, 2.75) is 13.8 Å². The van der Waals surface area contributed by atoms with E-state index in [-0.39, 0.29) is 0 Å². The van der Waals surface area contributed by atoms with Crippen LogP contribution in [0.1, 0.15) is 18.3 Å². The molecule has 0 radical (unpaired) electrons. The van der Waals surface area contributed by atoms with Crippen molar-refractivity contribution >= 4 is 28.6 Å². The smallest absolute Gasteiger partial charge is 0.137 e. The molecular weight excluding hydrogens is 232 g/mol. The zero-order chi connectivity index (χ0) is 10.8. The highest BCUT2D eigenvalue weighted by atomic mass is 32.1. The van der Waals surface area contributed by atoms with Crippen LogP contribution in [0.25, 0.3) is 9.88 Å². The molecule has 78 valence electrons. The number of nitrogens with zero attached hydrogens (tertiary/aromatic N) is 4. The van der Waals surface area contributed by atoms with E-state index in [2.05, 4.69) is 19.7 Å². The number of aryl methyl sites for hydroxylation is 1. The van der Waals surface area contributed by atoms with E-state index < -0.39 is 0 Å². The van der Waals surface area contributed by atoms with Crippen molar-refractivity contribution in [3.63, 3.8) is 0 Å². The van der Waals surface area contributed by atoms with Crippen molar-refractivity contribution < 1.29 is 5.21 Å². The quantitative estimate of drug-likeness (QED) is 0.496. The topological polar surface area (TPSA) is 71.3 Å². The highest BCUT2D eigenvalue weighted by Crippen LogP contribution is 2.28. The van der Waals surface area contributed by atoms with Gasteiger partial charge in [0, 0.05) is 5.38 Å². The number of hydrogen-bond acceptors (Lipinski definition) is 7. The largest absolute Gasteiger partial charge is 0.411 e. The summed E-state index contributed by atoms with van der Waals surface area (Å²) >= 11 is 2.81. The molecule has 0 saturated carbocycles. The first-order chi connectivity index (χ1) is 7.22. The number of rotatable bonds is 2. The molecule has 15 heavy (non-hydrogen) atoms. The lowest BCUT2D eigenvalue weighted by molar-refractivity contribution is 0.319. The van der Waals surface area contributed by atoms with E-state index in [0.717, 1.165) is 15.6 Å². The highest BCUT2D eigenvalue weighted by molar-refractivity contribution is 7.18. The summed E-state index contributed by atoms with van der Waals surface area (Å²) < 4.78 is 3.85. The highest BCUT2D eigenvalue weighted by Gasteiger charge is 2.12. The Kier molecular flexibility index (Phi) is 2.74. The van der Waals surface area contributed by atoms with Gasteiger partial charge in [0.05, 0.1) is 11.4 Å². The molecule has 0 fully saturated rings. The van der Waals surface area contributed by atoms with E-state index >= 15 is 0 Å². The Balaban J connectivity index is 2.40. The van der Waals surface area contributed by atoms with Gasteiger partial charge in [-0.05, 0) is 25.4 Å². The molecule has 0 aliphatic carbocycles. The molecule has 2 aromatic rings. The maximum Gasteiger partial charge on any atom is 0.137 e. The molecule has 0 unspecified atom stereocenters. The lowest BCUT2D eigenvalue weighted by atomic mass is 10.3. The van der Waals surface area contributed by atoms with Gasteiger partial charge in [-0.15, -0.1) is 16.4 Å². The van der Waals surface area contributed by atoms with Crippen LogP contribution < -0.4 is 0 Å². The third-order valence-corrected chi connectivity index (χ3v) is 3.69. The monoisotopic (exact) mass is 240 g/mol. The fourth-order valence-corrected chi connectivity index (χ4v) is 2.67. The van der Waals surface area contributed by atoms with Crippen molar-refractivity contribution in [1.29, 1.82) is 0 Å². The molecule has 0 atom stereocenters. The third kappa shape index (κ3) is 1.88. The Morgan fingerprint density at radius 2 is 2.33 bits per heavy atom. The first-order valence-electron chi connectivity index (χ1n) is 4.16. The maximum atomic E-state index is 8.61. The summed E-state index contributed by atoms with van der Waals surface area (Å²) in [4.78, 5) is 5.31. The molecule has 1 N–H and O–H groups in total. The van der Waals surface area contributed by atoms with Gasteiger partial charge in [0.2, 0.25) is 0 Å². The van der Waals surface area contributed by atoms with E-state index in [1.807, 2.05) is 12.3 Å². The van der Waals surface area contributed by atoms with Crippen molar-refractivity contribution in [3.8, 4) is 9.88 Å². The van der Waals surface area contributed by atoms with Crippen LogP contribution in [-0.4, -0.2) is 25.5 Å². The predicted octanol–water partition coefficient (Wildman–Crippen LogP) is 2.17. The second-order valence-electron chi connectivity index (χ2n) is 2.91. The van der Waals surface area contributed by atoms with E-state index in [4.69, 9.17) is 5.21 Å².